The Balaban J connectivity index is 2.02. The number of hydrogen-bond acceptors (Lipinski definition) is 3. The van der Waals surface area contributed by atoms with Gasteiger partial charge in [-0.1, -0.05) is 77.6 Å². The molecule has 0 spiro atoms. The topological polar surface area (TPSA) is 64.9 Å². The Morgan fingerprint density at radius 3 is 2.04 bits per heavy atom. The monoisotopic (exact) mass is 369 g/mol. The highest BCUT2D eigenvalue weighted by atomic mass is 16.6. The number of epoxide rings is 1. The first-order chi connectivity index (χ1) is 12.7. The van der Waals surface area contributed by atoms with E-state index in [9.17, 15) is 4.79 Å². The lowest BCUT2D eigenvalue weighted by atomic mass is 9.94. The largest absolute Gasteiger partial charge is 0.378 e. The molecule has 4 heteroatoms. The highest BCUT2D eigenvalue weighted by molar-refractivity contribution is 5.73. The number of rotatable bonds is 20. The van der Waals surface area contributed by atoms with Crippen LogP contribution >= 0.6 is 0 Å². The molecule has 0 aromatic rings. The van der Waals surface area contributed by atoms with Gasteiger partial charge < -0.3 is 15.2 Å². The number of ether oxygens (including phenoxy) is 2. The van der Waals surface area contributed by atoms with Crippen LogP contribution in [0.5, 0.6) is 0 Å². The first kappa shape index (κ1) is 23.4. The Kier molecular flexibility index (Phi) is 14.9. The van der Waals surface area contributed by atoms with Crippen LogP contribution in [0.3, 0.4) is 0 Å². The van der Waals surface area contributed by atoms with Crippen LogP contribution in [0.25, 0.3) is 0 Å². The number of nitrogens with two attached hydrogens (primary N) is 1. The van der Waals surface area contributed by atoms with Crippen LogP contribution in [0.15, 0.2) is 0 Å². The predicted molar refractivity (Wildman–Crippen MR) is 108 cm³/mol. The van der Waals surface area contributed by atoms with Crippen LogP contribution in [-0.2, 0) is 14.3 Å². The van der Waals surface area contributed by atoms with Crippen LogP contribution in [0.2, 0.25) is 0 Å². The molecule has 1 heterocycles. The second kappa shape index (κ2) is 16.6. The minimum Gasteiger partial charge on any atom is -0.378 e. The number of carbonyl (C=O) groups excluding carboxylic acids is 1. The van der Waals surface area contributed by atoms with Crippen LogP contribution in [0.4, 0.5) is 0 Å². The SMILES string of the molecule is CCCCCCCCC(CCCCCCCCC(N)=O)COCC1CO1. The lowest BCUT2D eigenvalue weighted by Crippen LogP contribution is -2.13. The van der Waals surface area contributed by atoms with Crippen molar-refractivity contribution in [3.05, 3.63) is 0 Å². The summed E-state index contributed by atoms with van der Waals surface area (Å²) in [5.74, 6) is 0.550. The molecule has 1 fully saturated rings. The molecule has 1 rings (SSSR count). The molecular weight excluding hydrogens is 326 g/mol. The minimum absolute atomic E-state index is 0.167. The van der Waals surface area contributed by atoms with Crippen LogP contribution in [0.1, 0.15) is 103 Å². The second-order valence-electron chi connectivity index (χ2n) is 8.04. The maximum absolute atomic E-state index is 10.7. The van der Waals surface area contributed by atoms with Crippen molar-refractivity contribution < 1.29 is 14.3 Å². The van der Waals surface area contributed by atoms with Gasteiger partial charge in [-0.25, -0.2) is 0 Å². The van der Waals surface area contributed by atoms with Gasteiger partial charge in [0.05, 0.1) is 13.2 Å². The normalized spacial score (nSPS) is 17.3. The lowest BCUT2D eigenvalue weighted by molar-refractivity contribution is -0.118. The van der Waals surface area contributed by atoms with Crippen molar-refractivity contribution in [1.29, 1.82) is 0 Å². The summed E-state index contributed by atoms with van der Waals surface area (Å²) in [7, 11) is 0. The maximum atomic E-state index is 10.7. The van der Waals surface area contributed by atoms with Gasteiger partial charge in [-0.3, -0.25) is 4.79 Å². The van der Waals surface area contributed by atoms with Gasteiger partial charge in [0.1, 0.15) is 6.10 Å². The highest BCUT2D eigenvalue weighted by Gasteiger charge is 2.22. The van der Waals surface area contributed by atoms with Crippen molar-refractivity contribution in [3.8, 4) is 0 Å². The number of primary amides is 1. The van der Waals surface area contributed by atoms with E-state index >= 15 is 0 Å². The van der Waals surface area contributed by atoms with E-state index in [1.54, 1.807) is 0 Å². The summed E-state index contributed by atoms with van der Waals surface area (Å²) >= 11 is 0. The van der Waals surface area contributed by atoms with Crippen molar-refractivity contribution in [2.75, 3.05) is 19.8 Å². The fraction of sp³-hybridized carbons (Fsp3) is 0.955. The summed E-state index contributed by atoms with van der Waals surface area (Å²) in [6, 6.07) is 0. The zero-order valence-corrected chi connectivity index (χ0v) is 17.2. The van der Waals surface area contributed by atoms with Crippen LogP contribution in [0, 0.1) is 5.92 Å². The van der Waals surface area contributed by atoms with Gasteiger partial charge in [-0.2, -0.15) is 0 Å². The molecule has 1 aliphatic rings. The van der Waals surface area contributed by atoms with Gasteiger partial charge in [-0.15, -0.1) is 0 Å². The van der Waals surface area contributed by atoms with Gasteiger partial charge in [-0.05, 0) is 25.2 Å². The molecular formula is C22H43NO3. The Labute approximate surface area is 161 Å². The van der Waals surface area contributed by atoms with Gasteiger partial charge in [0, 0.05) is 13.0 Å². The van der Waals surface area contributed by atoms with Crippen molar-refractivity contribution >= 4 is 5.91 Å². The molecule has 0 radical (unpaired) electrons. The van der Waals surface area contributed by atoms with E-state index in [0.29, 0.717) is 12.5 Å². The molecule has 0 saturated carbocycles. The van der Waals surface area contributed by atoms with E-state index in [4.69, 9.17) is 15.2 Å². The predicted octanol–water partition coefficient (Wildman–Crippen LogP) is 5.37. The Bertz CT molecular complexity index is 331. The molecule has 0 bridgehead atoms. The van der Waals surface area contributed by atoms with Crippen molar-refractivity contribution in [1.82, 2.24) is 0 Å². The molecule has 2 unspecified atom stereocenters. The van der Waals surface area contributed by atoms with E-state index in [0.717, 1.165) is 38.6 Å². The van der Waals surface area contributed by atoms with Crippen molar-refractivity contribution in [2.45, 2.75) is 109 Å². The summed E-state index contributed by atoms with van der Waals surface area (Å²) in [4.78, 5) is 10.7. The Morgan fingerprint density at radius 2 is 1.50 bits per heavy atom. The van der Waals surface area contributed by atoms with E-state index in [2.05, 4.69) is 6.92 Å². The van der Waals surface area contributed by atoms with Gasteiger partial charge >= 0.3 is 0 Å². The summed E-state index contributed by atoms with van der Waals surface area (Å²) in [5.41, 5.74) is 5.17. The molecule has 0 aromatic carbocycles. The second-order valence-corrected chi connectivity index (χ2v) is 8.04. The molecule has 154 valence electrons. The highest BCUT2D eigenvalue weighted by Crippen LogP contribution is 2.20. The molecule has 1 aliphatic heterocycles. The number of carbonyl (C=O) groups is 1. The summed E-state index contributed by atoms with van der Waals surface area (Å²) < 4.78 is 11.1. The third kappa shape index (κ3) is 15.6. The quantitative estimate of drug-likeness (QED) is 0.232. The molecule has 4 nitrogen and oxygen atoms in total. The lowest BCUT2D eigenvalue weighted by Gasteiger charge is -2.17. The molecule has 26 heavy (non-hydrogen) atoms. The number of amides is 1. The van der Waals surface area contributed by atoms with E-state index in [1.807, 2.05) is 0 Å². The van der Waals surface area contributed by atoms with Crippen LogP contribution in [-0.4, -0.2) is 31.8 Å². The number of hydrogen-bond donors (Lipinski definition) is 1. The fourth-order valence-electron chi connectivity index (χ4n) is 3.49. The van der Waals surface area contributed by atoms with E-state index in [-0.39, 0.29) is 5.91 Å². The first-order valence-corrected chi connectivity index (χ1v) is 11.2. The molecule has 2 atom stereocenters. The first-order valence-electron chi connectivity index (χ1n) is 11.2. The maximum Gasteiger partial charge on any atom is 0.217 e. The molecule has 2 N–H and O–H groups in total. The van der Waals surface area contributed by atoms with Gasteiger partial charge in [0.2, 0.25) is 5.91 Å². The molecule has 1 amide bonds. The van der Waals surface area contributed by atoms with Crippen molar-refractivity contribution in [3.63, 3.8) is 0 Å². The van der Waals surface area contributed by atoms with Gasteiger partial charge in [0.25, 0.3) is 0 Å². The van der Waals surface area contributed by atoms with E-state index < -0.39 is 0 Å². The minimum atomic E-state index is -0.167. The Hall–Kier alpha value is -0.610. The number of unbranched alkanes of at least 4 members (excludes halogenated alkanes) is 10. The smallest absolute Gasteiger partial charge is 0.217 e. The van der Waals surface area contributed by atoms with Crippen LogP contribution < -0.4 is 5.73 Å². The third-order valence-corrected chi connectivity index (χ3v) is 5.31. The summed E-state index contributed by atoms with van der Waals surface area (Å²) in [6.07, 6.45) is 18.9. The fourth-order valence-corrected chi connectivity index (χ4v) is 3.49. The van der Waals surface area contributed by atoms with E-state index in [1.165, 1.54) is 77.0 Å². The zero-order chi connectivity index (χ0) is 18.9. The molecule has 0 aromatic heterocycles. The average molecular weight is 370 g/mol. The zero-order valence-electron chi connectivity index (χ0n) is 17.2. The summed E-state index contributed by atoms with van der Waals surface area (Å²) in [5, 5.41) is 0. The molecule has 0 aliphatic carbocycles. The molecule has 1 saturated heterocycles. The standard InChI is InChI=1S/C22H43NO3/c1-2-3-4-5-8-11-14-20(17-25-18-21-19-26-21)15-12-9-6-7-10-13-16-22(23)24/h20-21H,2-19H2,1H3,(H2,23,24). The Morgan fingerprint density at radius 1 is 0.962 bits per heavy atom. The average Bonchev–Trinajstić information content (AvgIpc) is 3.43. The van der Waals surface area contributed by atoms with Crippen molar-refractivity contribution in [2.24, 2.45) is 11.7 Å². The summed E-state index contributed by atoms with van der Waals surface area (Å²) in [6.45, 7) is 4.85. The third-order valence-electron chi connectivity index (χ3n) is 5.31. The van der Waals surface area contributed by atoms with Gasteiger partial charge in [0.15, 0.2) is 0 Å².